The molecule has 0 saturated heterocycles. The van der Waals surface area contributed by atoms with Crippen molar-refractivity contribution in [2.45, 2.75) is 19.0 Å². The Balaban J connectivity index is 1.70. The minimum atomic E-state index is -0.614. The lowest BCUT2D eigenvalue weighted by Crippen LogP contribution is -2.37. The lowest BCUT2D eigenvalue weighted by Gasteiger charge is -2.36. The fraction of sp³-hybridized carbons (Fsp3) is 0.304. The second kappa shape index (κ2) is 8.20. The summed E-state index contributed by atoms with van der Waals surface area (Å²) in [6, 6.07) is 7.17. The van der Waals surface area contributed by atoms with Crippen LogP contribution in [0.3, 0.4) is 0 Å². The molecule has 0 saturated carbocycles. The molecule has 3 aromatic rings. The molecule has 2 N–H and O–H groups in total. The molecule has 2 aliphatic rings. The molecule has 0 aliphatic carbocycles. The number of aromatic amines is 1. The summed E-state index contributed by atoms with van der Waals surface area (Å²) < 4.78 is 31.7. The summed E-state index contributed by atoms with van der Waals surface area (Å²) in [5.41, 5.74) is 2.06. The van der Waals surface area contributed by atoms with Gasteiger partial charge in [-0.2, -0.15) is 0 Å². The molecule has 10 heteroatoms. The zero-order chi connectivity index (χ0) is 23.3. The number of hydrogen-bond acceptors (Lipinski definition) is 7. The maximum atomic E-state index is 13.3. The molecular formula is C23H22FN3O5S. The molecule has 0 radical (unpaired) electrons. The summed E-state index contributed by atoms with van der Waals surface area (Å²) >= 11 is 5.33. The largest absolute Gasteiger partial charge is 0.494 e. The third-order valence-electron chi connectivity index (χ3n) is 6.13. The lowest BCUT2D eigenvalue weighted by molar-refractivity contribution is 0.170. The van der Waals surface area contributed by atoms with Gasteiger partial charge in [-0.25, -0.2) is 4.39 Å². The van der Waals surface area contributed by atoms with E-state index in [4.69, 9.17) is 26.4 Å². The van der Waals surface area contributed by atoms with Crippen LogP contribution in [-0.2, 0) is 13.0 Å². The molecule has 0 spiro atoms. The number of hydrogen-bond donors (Lipinski definition) is 2. The molecule has 2 aliphatic heterocycles. The molecule has 5 rings (SSSR count). The highest BCUT2D eigenvalue weighted by atomic mass is 32.1. The fourth-order valence-corrected chi connectivity index (χ4v) is 4.78. The first kappa shape index (κ1) is 21.5. The maximum absolute atomic E-state index is 13.3. The third kappa shape index (κ3) is 3.55. The summed E-state index contributed by atoms with van der Waals surface area (Å²) in [6.45, 7) is 0.895. The van der Waals surface area contributed by atoms with Crippen LogP contribution in [0.4, 0.5) is 4.39 Å². The van der Waals surface area contributed by atoms with Crippen molar-refractivity contribution < 1.29 is 23.7 Å². The Hall–Kier alpha value is -3.37. The van der Waals surface area contributed by atoms with Gasteiger partial charge in [0.05, 0.1) is 25.3 Å². The van der Waals surface area contributed by atoms with Gasteiger partial charge in [-0.05, 0) is 55.0 Å². The second-order valence-corrected chi connectivity index (χ2v) is 8.45. The predicted molar refractivity (Wildman–Crippen MR) is 120 cm³/mol. The van der Waals surface area contributed by atoms with E-state index in [0.29, 0.717) is 30.2 Å². The van der Waals surface area contributed by atoms with Gasteiger partial charge in [-0.1, -0.05) is 12.1 Å². The normalized spacial score (nSPS) is 17.1. The molecule has 0 amide bonds. The fourth-order valence-electron chi connectivity index (χ4n) is 4.54. The van der Waals surface area contributed by atoms with Crippen molar-refractivity contribution in [1.29, 1.82) is 0 Å². The van der Waals surface area contributed by atoms with Crippen LogP contribution in [0.1, 0.15) is 28.3 Å². The van der Waals surface area contributed by atoms with Crippen molar-refractivity contribution in [3.8, 4) is 23.1 Å². The average molecular weight is 472 g/mol. The number of nitrogens with one attached hydrogen (secondary N) is 1. The molecule has 33 heavy (non-hydrogen) atoms. The van der Waals surface area contributed by atoms with Crippen molar-refractivity contribution in [3.05, 3.63) is 73.5 Å². The van der Waals surface area contributed by atoms with Gasteiger partial charge in [0.25, 0.3) is 5.56 Å². The van der Waals surface area contributed by atoms with Crippen molar-refractivity contribution in [1.82, 2.24) is 14.5 Å². The predicted octanol–water partition coefficient (Wildman–Crippen LogP) is 3.11. The molecule has 0 fully saturated rings. The Labute approximate surface area is 193 Å². The smallest absolute Gasteiger partial charge is 0.260 e. The first-order valence-corrected chi connectivity index (χ1v) is 10.8. The van der Waals surface area contributed by atoms with Crippen molar-refractivity contribution in [2.75, 3.05) is 27.5 Å². The molecule has 1 aromatic heterocycles. The maximum Gasteiger partial charge on any atom is 0.260 e. The number of ether oxygens (including phenoxy) is 3. The second-order valence-electron chi connectivity index (χ2n) is 8.06. The van der Waals surface area contributed by atoms with Crippen LogP contribution in [-0.4, -0.2) is 47.1 Å². The molecular weight excluding hydrogens is 449 g/mol. The zero-order valence-electron chi connectivity index (χ0n) is 18.1. The molecule has 0 bridgehead atoms. The molecule has 1 atom stereocenters. The lowest BCUT2D eigenvalue weighted by atomic mass is 9.87. The molecule has 172 valence electrons. The Kier molecular flexibility index (Phi) is 5.34. The van der Waals surface area contributed by atoms with E-state index in [2.05, 4.69) is 4.98 Å². The van der Waals surface area contributed by atoms with Crippen LogP contribution in [0.5, 0.6) is 23.1 Å². The Bertz CT molecular complexity index is 1350. The topological polar surface area (TPSA) is 89.0 Å². The Morgan fingerprint density at radius 3 is 2.76 bits per heavy atom. The van der Waals surface area contributed by atoms with E-state index in [-0.39, 0.29) is 35.4 Å². The van der Waals surface area contributed by atoms with Gasteiger partial charge in [-0.15, -0.1) is 0 Å². The van der Waals surface area contributed by atoms with Gasteiger partial charge >= 0.3 is 0 Å². The standard InChI is InChI=1S/C23H22FN3O5S/c1-26-8-7-13-9-15-19(32-11-31-15)20(30-2)16(13)18(26)17-21(28)25-23(33)27(22(17)29)10-12-3-5-14(24)6-4-12/h3-6,9,18,29H,7-8,10-11H2,1-2H3,(H,25,28,33). The monoisotopic (exact) mass is 471 g/mol. The summed E-state index contributed by atoms with van der Waals surface area (Å²) in [5, 5.41) is 11.3. The summed E-state index contributed by atoms with van der Waals surface area (Å²) in [6.07, 6.45) is 0.711. The van der Waals surface area contributed by atoms with Crippen LogP contribution in [0, 0.1) is 10.6 Å². The van der Waals surface area contributed by atoms with Gasteiger partial charge in [0.1, 0.15) is 5.82 Å². The van der Waals surface area contributed by atoms with Crippen molar-refractivity contribution in [3.63, 3.8) is 0 Å². The third-order valence-corrected chi connectivity index (χ3v) is 6.45. The van der Waals surface area contributed by atoms with E-state index >= 15 is 0 Å². The van der Waals surface area contributed by atoms with Crippen LogP contribution in [0.15, 0.2) is 35.1 Å². The number of likely N-dealkylation sites (N-methyl/N-ethyl adjacent to an activating group) is 1. The van der Waals surface area contributed by atoms with Crippen LogP contribution >= 0.6 is 12.2 Å². The first-order valence-electron chi connectivity index (χ1n) is 10.4. The molecule has 3 heterocycles. The number of H-pyrrole nitrogens is 1. The van der Waals surface area contributed by atoms with E-state index in [1.165, 1.54) is 23.8 Å². The average Bonchev–Trinajstić information content (AvgIpc) is 3.26. The van der Waals surface area contributed by atoms with Crippen LogP contribution in [0.25, 0.3) is 0 Å². The Morgan fingerprint density at radius 1 is 1.27 bits per heavy atom. The van der Waals surface area contributed by atoms with E-state index in [0.717, 1.165) is 16.7 Å². The number of rotatable bonds is 4. The minimum absolute atomic E-state index is 0.0712. The van der Waals surface area contributed by atoms with Gasteiger partial charge in [-0.3, -0.25) is 19.2 Å². The highest BCUT2D eigenvalue weighted by Crippen LogP contribution is 2.51. The van der Waals surface area contributed by atoms with E-state index in [1.54, 1.807) is 12.1 Å². The molecule has 2 aromatic carbocycles. The number of aromatic hydroxyl groups is 1. The van der Waals surface area contributed by atoms with Gasteiger partial charge in [0.2, 0.25) is 18.4 Å². The van der Waals surface area contributed by atoms with Gasteiger partial charge in [0, 0.05) is 12.1 Å². The summed E-state index contributed by atoms with van der Waals surface area (Å²) in [5.74, 6) is 0.936. The van der Waals surface area contributed by atoms with Gasteiger partial charge in [0.15, 0.2) is 16.3 Å². The number of halogens is 1. The van der Waals surface area contributed by atoms with Crippen molar-refractivity contribution in [2.24, 2.45) is 0 Å². The number of aromatic nitrogens is 2. The quantitative estimate of drug-likeness (QED) is 0.566. The number of nitrogens with zero attached hydrogens (tertiary/aromatic N) is 2. The number of fused-ring (bicyclic) bond motifs is 2. The summed E-state index contributed by atoms with van der Waals surface area (Å²) in [7, 11) is 3.41. The van der Waals surface area contributed by atoms with E-state index in [9.17, 15) is 14.3 Å². The van der Waals surface area contributed by atoms with Crippen LogP contribution in [0.2, 0.25) is 0 Å². The SMILES string of the molecule is COc1c2c(cc3c1C(c1c(O)n(Cc4ccc(F)cc4)c(=S)[nH]c1=O)N(C)CC3)OCO2. The van der Waals surface area contributed by atoms with E-state index in [1.807, 2.05) is 18.0 Å². The first-order chi connectivity index (χ1) is 15.9. The highest BCUT2D eigenvalue weighted by molar-refractivity contribution is 7.71. The van der Waals surface area contributed by atoms with Gasteiger partial charge < -0.3 is 19.3 Å². The van der Waals surface area contributed by atoms with Crippen LogP contribution < -0.4 is 19.8 Å². The Morgan fingerprint density at radius 2 is 2.03 bits per heavy atom. The zero-order valence-corrected chi connectivity index (χ0v) is 18.9. The number of benzene rings is 2. The molecule has 1 unspecified atom stereocenters. The number of methoxy groups -OCH3 is 1. The minimum Gasteiger partial charge on any atom is -0.494 e. The summed E-state index contributed by atoms with van der Waals surface area (Å²) in [4.78, 5) is 17.8. The van der Waals surface area contributed by atoms with Crippen molar-refractivity contribution >= 4 is 12.2 Å². The van der Waals surface area contributed by atoms with E-state index < -0.39 is 11.6 Å². The molecule has 8 nitrogen and oxygen atoms in total. The highest BCUT2D eigenvalue weighted by Gasteiger charge is 2.38.